The molecule has 1 atom stereocenters. The van der Waals surface area contributed by atoms with Crippen LogP contribution in [0.25, 0.3) is 0 Å². The van der Waals surface area contributed by atoms with Gasteiger partial charge in [-0.1, -0.05) is 13.8 Å². The van der Waals surface area contributed by atoms with E-state index < -0.39 is 15.8 Å². The predicted octanol–water partition coefficient (Wildman–Crippen LogP) is 1.85. The van der Waals surface area contributed by atoms with Gasteiger partial charge in [0.05, 0.1) is 18.1 Å². The van der Waals surface area contributed by atoms with Crippen molar-refractivity contribution in [2.45, 2.75) is 31.2 Å². The van der Waals surface area contributed by atoms with E-state index in [0.717, 1.165) is 31.6 Å². The van der Waals surface area contributed by atoms with Crippen molar-refractivity contribution >= 4 is 10.0 Å². The second-order valence-corrected chi connectivity index (χ2v) is 8.00. The maximum atomic E-state index is 12.9. The van der Waals surface area contributed by atoms with Crippen molar-refractivity contribution in [3.05, 3.63) is 30.1 Å². The Bertz CT molecular complexity index is 584. The van der Waals surface area contributed by atoms with Crippen LogP contribution in [0.4, 0.5) is 4.39 Å². The lowest BCUT2D eigenvalue weighted by Gasteiger charge is -2.35. The topological polar surface area (TPSA) is 58.6 Å². The highest BCUT2D eigenvalue weighted by atomic mass is 32.2. The number of rotatable bonds is 7. The van der Waals surface area contributed by atoms with Crippen LogP contribution in [0.15, 0.2) is 29.2 Å². The molecule has 130 valence electrons. The summed E-state index contributed by atoms with van der Waals surface area (Å²) < 4.78 is 45.7. The standard InChI is InChI=1S/C16H25FN2O3S/c1-13(2)11-15(19-7-9-22-10-8-19)12-18-23(20,21)16-5-3-14(17)4-6-16/h3-6,13,15,18H,7-12H2,1-2H3. The summed E-state index contributed by atoms with van der Waals surface area (Å²) >= 11 is 0. The molecule has 1 aromatic carbocycles. The van der Waals surface area contributed by atoms with Gasteiger partial charge in [0.25, 0.3) is 0 Å². The Morgan fingerprint density at radius 1 is 1.22 bits per heavy atom. The Labute approximate surface area is 137 Å². The quantitative estimate of drug-likeness (QED) is 0.820. The largest absolute Gasteiger partial charge is 0.379 e. The Hall–Kier alpha value is -1.02. The average molecular weight is 344 g/mol. The molecule has 5 nitrogen and oxygen atoms in total. The van der Waals surface area contributed by atoms with Crippen molar-refractivity contribution < 1.29 is 17.5 Å². The van der Waals surface area contributed by atoms with Crippen LogP contribution >= 0.6 is 0 Å². The summed E-state index contributed by atoms with van der Waals surface area (Å²) in [6.07, 6.45) is 0.909. The molecule has 23 heavy (non-hydrogen) atoms. The van der Waals surface area contributed by atoms with Gasteiger partial charge in [-0.15, -0.1) is 0 Å². The molecule has 0 aromatic heterocycles. The van der Waals surface area contributed by atoms with Gasteiger partial charge in [0.15, 0.2) is 0 Å². The summed E-state index contributed by atoms with van der Waals surface area (Å²) in [6, 6.07) is 5.01. The lowest BCUT2D eigenvalue weighted by Crippen LogP contribution is -2.49. The van der Waals surface area contributed by atoms with E-state index in [4.69, 9.17) is 4.74 Å². The minimum Gasteiger partial charge on any atom is -0.379 e. The Kier molecular flexibility index (Phi) is 6.52. The fourth-order valence-corrected chi connectivity index (χ4v) is 3.82. The summed E-state index contributed by atoms with van der Waals surface area (Å²) in [5, 5.41) is 0. The van der Waals surface area contributed by atoms with E-state index in [0.29, 0.717) is 25.7 Å². The van der Waals surface area contributed by atoms with Gasteiger partial charge < -0.3 is 4.74 Å². The van der Waals surface area contributed by atoms with Crippen molar-refractivity contribution in [1.29, 1.82) is 0 Å². The van der Waals surface area contributed by atoms with Crippen molar-refractivity contribution in [3.8, 4) is 0 Å². The summed E-state index contributed by atoms with van der Waals surface area (Å²) in [5.74, 6) is 0.0214. The Morgan fingerprint density at radius 3 is 2.39 bits per heavy atom. The van der Waals surface area contributed by atoms with Crippen LogP contribution in [0.1, 0.15) is 20.3 Å². The minimum atomic E-state index is -3.62. The first-order valence-corrected chi connectivity index (χ1v) is 9.44. The highest BCUT2D eigenvalue weighted by molar-refractivity contribution is 7.89. The van der Waals surface area contributed by atoms with E-state index in [1.807, 2.05) is 0 Å². The zero-order valence-electron chi connectivity index (χ0n) is 13.7. The maximum absolute atomic E-state index is 12.9. The first kappa shape index (κ1) is 18.3. The smallest absolute Gasteiger partial charge is 0.240 e. The number of nitrogens with zero attached hydrogens (tertiary/aromatic N) is 1. The fourth-order valence-electron chi connectivity index (χ4n) is 2.75. The van der Waals surface area contributed by atoms with Crippen molar-refractivity contribution in [2.24, 2.45) is 5.92 Å². The molecule has 1 saturated heterocycles. The van der Waals surface area contributed by atoms with Crippen LogP contribution in [-0.4, -0.2) is 52.2 Å². The number of hydrogen-bond donors (Lipinski definition) is 1. The number of ether oxygens (including phenoxy) is 1. The van der Waals surface area contributed by atoms with E-state index in [-0.39, 0.29) is 10.9 Å². The Morgan fingerprint density at radius 2 is 1.83 bits per heavy atom. The molecule has 1 N–H and O–H groups in total. The highest BCUT2D eigenvalue weighted by Gasteiger charge is 2.24. The van der Waals surface area contributed by atoms with Crippen LogP contribution < -0.4 is 4.72 Å². The molecule has 0 amide bonds. The summed E-state index contributed by atoms with van der Waals surface area (Å²) in [7, 11) is -3.62. The third kappa shape index (κ3) is 5.53. The van der Waals surface area contributed by atoms with E-state index >= 15 is 0 Å². The predicted molar refractivity (Wildman–Crippen MR) is 87.2 cm³/mol. The summed E-state index contributed by atoms with van der Waals surface area (Å²) in [4.78, 5) is 2.36. The van der Waals surface area contributed by atoms with Crippen LogP contribution in [0, 0.1) is 11.7 Å². The molecule has 1 fully saturated rings. The van der Waals surface area contributed by atoms with Gasteiger partial charge in [0.1, 0.15) is 5.82 Å². The number of hydrogen-bond acceptors (Lipinski definition) is 4. The highest BCUT2D eigenvalue weighted by Crippen LogP contribution is 2.15. The molecule has 1 aliphatic rings. The maximum Gasteiger partial charge on any atom is 0.240 e. The van der Waals surface area contributed by atoms with E-state index in [9.17, 15) is 12.8 Å². The number of halogens is 1. The molecule has 1 heterocycles. The fraction of sp³-hybridized carbons (Fsp3) is 0.625. The number of benzene rings is 1. The van der Waals surface area contributed by atoms with Crippen LogP contribution in [0.3, 0.4) is 0 Å². The molecule has 1 unspecified atom stereocenters. The monoisotopic (exact) mass is 344 g/mol. The van der Waals surface area contributed by atoms with E-state index in [1.54, 1.807) is 0 Å². The molecule has 0 radical (unpaired) electrons. The lowest BCUT2D eigenvalue weighted by molar-refractivity contribution is 0.0134. The number of nitrogens with one attached hydrogen (secondary N) is 1. The zero-order valence-corrected chi connectivity index (χ0v) is 14.5. The van der Waals surface area contributed by atoms with Gasteiger partial charge in [0, 0.05) is 25.7 Å². The molecule has 1 aliphatic heterocycles. The number of sulfonamides is 1. The first-order valence-electron chi connectivity index (χ1n) is 7.95. The van der Waals surface area contributed by atoms with Gasteiger partial charge in [-0.25, -0.2) is 17.5 Å². The van der Waals surface area contributed by atoms with Crippen LogP contribution in [0.2, 0.25) is 0 Å². The third-order valence-corrected chi connectivity index (χ3v) is 5.38. The minimum absolute atomic E-state index is 0.0872. The lowest BCUT2D eigenvalue weighted by atomic mass is 10.0. The van der Waals surface area contributed by atoms with Gasteiger partial charge in [-0.05, 0) is 36.6 Å². The third-order valence-electron chi connectivity index (χ3n) is 3.94. The van der Waals surface area contributed by atoms with Crippen molar-refractivity contribution in [2.75, 3.05) is 32.8 Å². The number of morpholine rings is 1. The molecular formula is C16H25FN2O3S. The second kappa shape index (κ2) is 8.19. The molecule has 1 aromatic rings. The Balaban J connectivity index is 2.02. The van der Waals surface area contributed by atoms with Crippen molar-refractivity contribution in [1.82, 2.24) is 9.62 Å². The second-order valence-electron chi connectivity index (χ2n) is 6.24. The van der Waals surface area contributed by atoms with Gasteiger partial charge in [-0.2, -0.15) is 0 Å². The molecule has 0 spiro atoms. The van der Waals surface area contributed by atoms with Gasteiger partial charge >= 0.3 is 0 Å². The SMILES string of the molecule is CC(C)CC(CNS(=O)(=O)c1ccc(F)cc1)N1CCOCC1. The molecular weight excluding hydrogens is 319 g/mol. The molecule has 2 rings (SSSR count). The van der Waals surface area contributed by atoms with Crippen LogP contribution in [-0.2, 0) is 14.8 Å². The van der Waals surface area contributed by atoms with Crippen molar-refractivity contribution in [3.63, 3.8) is 0 Å². The normalized spacial score (nSPS) is 18.3. The average Bonchev–Trinajstić information content (AvgIpc) is 2.52. The molecule has 0 saturated carbocycles. The van der Waals surface area contributed by atoms with Gasteiger partial charge in [0.2, 0.25) is 10.0 Å². The molecule has 0 bridgehead atoms. The summed E-state index contributed by atoms with van der Waals surface area (Å²) in [6.45, 7) is 7.59. The van der Waals surface area contributed by atoms with Crippen LogP contribution in [0.5, 0.6) is 0 Å². The van der Waals surface area contributed by atoms with E-state index in [2.05, 4.69) is 23.5 Å². The molecule has 7 heteroatoms. The van der Waals surface area contributed by atoms with E-state index in [1.165, 1.54) is 12.1 Å². The molecule has 0 aliphatic carbocycles. The summed E-state index contributed by atoms with van der Waals surface area (Å²) in [5.41, 5.74) is 0. The zero-order chi connectivity index (χ0) is 16.9. The van der Waals surface area contributed by atoms with Gasteiger partial charge in [-0.3, -0.25) is 4.90 Å². The first-order chi connectivity index (χ1) is 10.9.